The number of carbonyl (C=O) groups excluding carboxylic acids is 2. The summed E-state index contributed by atoms with van der Waals surface area (Å²) in [6.07, 6.45) is 4.34. The maximum absolute atomic E-state index is 12.7. The summed E-state index contributed by atoms with van der Waals surface area (Å²) in [7, 11) is 0. The fraction of sp³-hybridized carbons (Fsp3) is 0.556. The summed E-state index contributed by atoms with van der Waals surface area (Å²) < 4.78 is 5.02. The molecule has 0 bridgehead atoms. The number of rotatable bonds is 2. The Balaban J connectivity index is 1.59. The Morgan fingerprint density at radius 1 is 1.31 bits per heavy atom. The molecular formula is C18H23N5O3. The fourth-order valence-electron chi connectivity index (χ4n) is 4.25. The summed E-state index contributed by atoms with van der Waals surface area (Å²) >= 11 is 0. The average Bonchev–Trinajstić information content (AvgIpc) is 3.31. The molecule has 138 valence electrons. The van der Waals surface area contributed by atoms with Crippen LogP contribution in [0.4, 0.5) is 0 Å². The van der Waals surface area contributed by atoms with Crippen LogP contribution in [0.5, 0.6) is 0 Å². The number of nitrogens with one attached hydrogen (secondary N) is 1. The third-order valence-corrected chi connectivity index (χ3v) is 5.59. The Labute approximate surface area is 151 Å². The topological polar surface area (TPSA) is 95.3 Å². The SMILES string of the molecule is CCC(=O)N1CCc2[nH]cnc2C12CCN(C(=O)c1cc(C)on1)CC2. The summed E-state index contributed by atoms with van der Waals surface area (Å²) in [4.78, 5) is 36.8. The lowest BCUT2D eigenvalue weighted by Crippen LogP contribution is -2.58. The zero-order valence-corrected chi connectivity index (χ0v) is 15.1. The van der Waals surface area contributed by atoms with E-state index in [4.69, 9.17) is 4.52 Å². The zero-order valence-electron chi connectivity index (χ0n) is 15.1. The number of imidazole rings is 1. The molecule has 2 aromatic rings. The number of nitrogens with zero attached hydrogens (tertiary/aromatic N) is 4. The Hall–Kier alpha value is -2.64. The third-order valence-electron chi connectivity index (χ3n) is 5.59. The lowest BCUT2D eigenvalue weighted by Gasteiger charge is -2.50. The smallest absolute Gasteiger partial charge is 0.276 e. The van der Waals surface area contributed by atoms with Gasteiger partial charge in [-0.3, -0.25) is 9.59 Å². The molecule has 1 spiro atoms. The van der Waals surface area contributed by atoms with Crippen molar-refractivity contribution in [3.8, 4) is 0 Å². The van der Waals surface area contributed by atoms with Crippen LogP contribution in [0.25, 0.3) is 0 Å². The molecular weight excluding hydrogens is 334 g/mol. The molecule has 1 saturated heterocycles. The Morgan fingerprint density at radius 3 is 2.73 bits per heavy atom. The van der Waals surface area contributed by atoms with Crippen molar-refractivity contribution in [2.24, 2.45) is 0 Å². The van der Waals surface area contributed by atoms with Crippen LogP contribution in [0.1, 0.15) is 53.8 Å². The molecule has 2 aliphatic heterocycles. The van der Waals surface area contributed by atoms with Gasteiger partial charge in [0.25, 0.3) is 5.91 Å². The quantitative estimate of drug-likeness (QED) is 0.881. The molecule has 26 heavy (non-hydrogen) atoms. The first kappa shape index (κ1) is 16.8. The molecule has 8 nitrogen and oxygen atoms in total. The number of H-pyrrole nitrogens is 1. The number of likely N-dealkylation sites (tertiary alicyclic amines) is 1. The maximum Gasteiger partial charge on any atom is 0.276 e. The molecule has 0 saturated carbocycles. The number of fused-ring (bicyclic) bond motifs is 2. The van der Waals surface area contributed by atoms with Crippen LogP contribution in [0.3, 0.4) is 0 Å². The van der Waals surface area contributed by atoms with E-state index in [2.05, 4.69) is 15.1 Å². The normalized spacial score (nSPS) is 18.8. The fourth-order valence-corrected chi connectivity index (χ4v) is 4.25. The van der Waals surface area contributed by atoms with Gasteiger partial charge in [-0.2, -0.15) is 0 Å². The van der Waals surface area contributed by atoms with Crippen LogP contribution in [0, 0.1) is 6.92 Å². The standard InChI is InChI=1S/C18H23N5O3/c1-3-15(24)23-7-4-13-16(20-11-19-13)18(23)5-8-22(9-6-18)17(25)14-10-12(2)26-21-14/h10-11H,3-9H2,1-2H3,(H,19,20). The molecule has 2 aliphatic rings. The highest BCUT2D eigenvalue weighted by atomic mass is 16.5. The van der Waals surface area contributed by atoms with Crippen molar-refractivity contribution in [3.63, 3.8) is 0 Å². The molecule has 4 rings (SSSR count). The summed E-state index contributed by atoms with van der Waals surface area (Å²) in [6.45, 7) is 5.47. The Morgan fingerprint density at radius 2 is 2.08 bits per heavy atom. The first-order valence-electron chi connectivity index (χ1n) is 9.11. The first-order valence-corrected chi connectivity index (χ1v) is 9.11. The molecule has 0 radical (unpaired) electrons. The molecule has 1 fully saturated rings. The molecule has 2 amide bonds. The molecule has 8 heteroatoms. The highest BCUT2D eigenvalue weighted by molar-refractivity contribution is 5.92. The number of hydrogen-bond acceptors (Lipinski definition) is 5. The molecule has 2 aromatic heterocycles. The largest absolute Gasteiger partial charge is 0.361 e. The zero-order chi connectivity index (χ0) is 18.3. The molecule has 0 atom stereocenters. The number of piperidine rings is 1. The van der Waals surface area contributed by atoms with Gasteiger partial charge in [0.05, 0.1) is 17.6 Å². The van der Waals surface area contributed by atoms with Gasteiger partial charge in [-0.15, -0.1) is 0 Å². The minimum absolute atomic E-state index is 0.122. The molecule has 0 aliphatic carbocycles. The number of hydrogen-bond donors (Lipinski definition) is 1. The lowest BCUT2D eigenvalue weighted by atomic mass is 9.78. The van der Waals surface area contributed by atoms with E-state index < -0.39 is 5.54 Å². The van der Waals surface area contributed by atoms with Gasteiger partial charge in [0.1, 0.15) is 5.76 Å². The highest BCUT2D eigenvalue weighted by Crippen LogP contribution is 2.42. The van der Waals surface area contributed by atoms with Gasteiger partial charge in [0, 0.05) is 44.2 Å². The van der Waals surface area contributed by atoms with E-state index in [0.717, 1.165) is 17.8 Å². The Bertz CT molecular complexity index is 832. The number of carbonyl (C=O) groups is 2. The Kier molecular flexibility index (Phi) is 4.05. The van der Waals surface area contributed by atoms with Crippen molar-refractivity contribution >= 4 is 11.8 Å². The van der Waals surface area contributed by atoms with Crippen LogP contribution >= 0.6 is 0 Å². The second-order valence-electron chi connectivity index (χ2n) is 7.03. The molecule has 0 unspecified atom stereocenters. The van der Waals surface area contributed by atoms with Gasteiger partial charge in [0.15, 0.2) is 5.69 Å². The van der Waals surface area contributed by atoms with E-state index in [1.54, 1.807) is 24.2 Å². The second kappa shape index (κ2) is 6.26. The van der Waals surface area contributed by atoms with Crippen LogP contribution in [-0.2, 0) is 16.8 Å². The number of aromatic nitrogens is 3. The number of aromatic amines is 1. The second-order valence-corrected chi connectivity index (χ2v) is 7.03. The van der Waals surface area contributed by atoms with Gasteiger partial charge in [-0.25, -0.2) is 4.98 Å². The minimum atomic E-state index is -0.419. The van der Waals surface area contributed by atoms with E-state index in [1.165, 1.54) is 0 Å². The third kappa shape index (κ3) is 2.51. The van der Waals surface area contributed by atoms with E-state index in [-0.39, 0.29) is 11.8 Å². The van der Waals surface area contributed by atoms with Gasteiger partial charge in [-0.05, 0) is 19.8 Å². The van der Waals surface area contributed by atoms with Crippen molar-refractivity contribution in [2.75, 3.05) is 19.6 Å². The van der Waals surface area contributed by atoms with E-state index >= 15 is 0 Å². The van der Waals surface area contributed by atoms with Gasteiger partial charge < -0.3 is 19.3 Å². The van der Waals surface area contributed by atoms with Crippen molar-refractivity contribution in [2.45, 2.75) is 45.1 Å². The summed E-state index contributed by atoms with van der Waals surface area (Å²) in [5.74, 6) is 0.642. The number of amides is 2. The van der Waals surface area contributed by atoms with Crippen LogP contribution < -0.4 is 0 Å². The summed E-state index contributed by atoms with van der Waals surface area (Å²) in [5, 5.41) is 3.83. The monoisotopic (exact) mass is 357 g/mol. The summed E-state index contributed by atoms with van der Waals surface area (Å²) in [5.41, 5.74) is 1.99. The lowest BCUT2D eigenvalue weighted by molar-refractivity contribution is -0.141. The van der Waals surface area contributed by atoms with Crippen LogP contribution in [0.15, 0.2) is 16.9 Å². The van der Waals surface area contributed by atoms with Gasteiger partial charge >= 0.3 is 0 Å². The average molecular weight is 357 g/mol. The molecule has 1 N–H and O–H groups in total. The molecule has 0 aromatic carbocycles. The number of aryl methyl sites for hydroxylation is 1. The predicted octanol–water partition coefficient (Wildman–Crippen LogP) is 1.63. The minimum Gasteiger partial charge on any atom is -0.361 e. The maximum atomic E-state index is 12.7. The van der Waals surface area contributed by atoms with Crippen molar-refractivity contribution in [1.82, 2.24) is 24.9 Å². The predicted molar refractivity (Wildman–Crippen MR) is 92.4 cm³/mol. The van der Waals surface area contributed by atoms with Crippen molar-refractivity contribution in [3.05, 3.63) is 35.2 Å². The van der Waals surface area contributed by atoms with Crippen molar-refractivity contribution in [1.29, 1.82) is 0 Å². The highest BCUT2D eigenvalue weighted by Gasteiger charge is 2.48. The summed E-state index contributed by atoms with van der Waals surface area (Å²) in [6, 6.07) is 1.66. The van der Waals surface area contributed by atoms with Crippen LogP contribution in [-0.4, -0.2) is 56.4 Å². The van der Waals surface area contributed by atoms with Crippen molar-refractivity contribution < 1.29 is 14.1 Å². The van der Waals surface area contributed by atoms with E-state index in [9.17, 15) is 9.59 Å². The molecule has 4 heterocycles. The van der Waals surface area contributed by atoms with Crippen LogP contribution in [0.2, 0.25) is 0 Å². The van der Waals surface area contributed by atoms with Gasteiger partial charge in [-0.1, -0.05) is 12.1 Å². The van der Waals surface area contributed by atoms with E-state index in [0.29, 0.717) is 50.4 Å². The van der Waals surface area contributed by atoms with E-state index in [1.807, 2.05) is 11.8 Å². The van der Waals surface area contributed by atoms with Gasteiger partial charge in [0.2, 0.25) is 5.91 Å². The first-order chi connectivity index (χ1) is 12.5.